The van der Waals surface area contributed by atoms with E-state index in [0.29, 0.717) is 145 Å². The molecular formula is C60H74O12. The Morgan fingerprint density at radius 3 is 0.431 bits per heavy atom. The van der Waals surface area contributed by atoms with Gasteiger partial charge in [-0.2, -0.15) is 0 Å². The molecule has 0 heterocycles. The first-order valence-corrected chi connectivity index (χ1v) is 25.2. The molecular weight excluding hydrogens is 913 g/mol. The standard InChI is InChI=1S/C60H74O12/c1-7-19-53(20-8-1)59(54-21-9-2-10-22-54,55-23-11-3-12-24-55)71-51-49-69-47-45-67-43-41-65-39-37-63-35-33-61-31-32-62-34-36-64-38-40-66-42-44-68-46-48-70-50-52-72-60(56-25-13-4-14-26-56,57-27-15-5-16-28-57)58-29-17-6-18-30-58/h1-30H,31-52H2. The van der Waals surface area contributed by atoms with E-state index in [1.807, 2.05) is 109 Å². The van der Waals surface area contributed by atoms with Crippen LogP contribution in [0.1, 0.15) is 33.4 Å². The third-order valence-electron chi connectivity index (χ3n) is 11.5. The number of hydrogen-bond donors (Lipinski definition) is 0. The molecule has 386 valence electrons. The maximum Gasteiger partial charge on any atom is 0.143 e. The Morgan fingerprint density at radius 2 is 0.292 bits per heavy atom. The highest BCUT2D eigenvalue weighted by molar-refractivity contribution is 5.48. The topological polar surface area (TPSA) is 111 Å². The lowest BCUT2D eigenvalue weighted by Crippen LogP contribution is -2.34. The molecule has 0 fully saturated rings. The van der Waals surface area contributed by atoms with Crippen molar-refractivity contribution in [3.05, 3.63) is 215 Å². The minimum absolute atomic E-state index is 0.411. The van der Waals surface area contributed by atoms with Crippen molar-refractivity contribution in [3.63, 3.8) is 0 Å². The van der Waals surface area contributed by atoms with Gasteiger partial charge in [0.05, 0.1) is 145 Å². The van der Waals surface area contributed by atoms with Crippen LogP contribution in [-0.4, -0.2) is 145 Å². The van der Waals surface area contributed by atoms with E-state index < -0.39 is 11.2 Å². The zero-order valence-electron chi connectivity index (χ0n) is 41.8. The van der Waals surface area contributed by atoms with Gasteiger partial charge in [-0.1, -0.05) is 182 Å². The molecule has 0 atom stereocenters. The van der Waals surface area contributed by atoms with Crippen molar-refractivity contribution in [3.8, 4) is 0 Å². The van der Waals surface area contributed by atoms with Gasteiger partial charge in [0.15, 0.2) is 0 Å². The minimum Gasteiger partial charge on any atom is -0.377 e. The average Bonchev–Trinajstić information content (AvgIpc) is 3.44. The maximum atomic E-state index is 6.75. The summed E-state index contributed by atoms with van der Waals surface area (Å²) in [6, 6.07) is 62.0. The molecule has 0 spiro atoms. The van der Waals surface area contributed by atoms with Gasteiger partial charge in [-0.3, -0.25) is 0 Å². The number of hydrogen-bond acceptors (Lipinski definition) is 12. The van der Waals surface area contributed by atoms with Gasteiger partial charge >= 0.3 is 0 Å². The van der Waals surface area contributed by atoms with E-state index in [9.17, 15) is 0 Å². The molecule has 0 radical (unpaired) electrons. The van der Waals surface area contributed by atoms with Crippen LogP contribution in [-0.2, 0) is 68.0 Å². The first kappa shape index (κ1) is 56.1. The molecule has 0 saturated heterocycles. The summed E-state index contributed by atoms with van der Waals surface area (Å²) in [5.74, 6) is 0. The molecule has 0 aliphatic heterocycles. The maximum absolute atomic E-state index is 6.75. The van der Waals surface area contributed by atoms with Crippen molar-refractivity contribution in [2.75, 3.05) is 145 Å². The molecule has 0 aliphatic carbocycles. The molecule has 0 saturated carbocycles. The quantitative estimate of drug-likeness (QED) is 0.0270. The summed E-state index contributed by atoms with van der Waals surface area (Å²) in [5, 5.41) is 0. The van der Waals surface area contributed by atoms with Crippen LogP contribution < -0.4 is 0 Å². The van der Waals surface area contributed by atoms with Gasteiger partial charge in [0.1, 0.15) is 11.2 Å². The van der Waals surface area contributed by atoms with Crippen LogP contribution in [0.25, 0.3) is 0 Å². The Kier molecular flexibility index (Phi) is 27.3. The predicted molar refractivity (Wildman–Crippen MR) is 279 cm³/mol. The first-order chi connectivity index (χ1) is 35.8. The van der Waals surface area contributed by atoms with Gasteiger partial charge in [0.25, 0.3) is 0 Å². The van der Waals surface area contributed by atoms with E-state index in [1.54, 1.807) is 0 Å². The molecule has 0 amide bonds. The van der Waals surface area contributed by atoms with Crippen LogP contribution >= 0.6 is 0 Å². The van der Waals surface area contributed by atoms with E-state index in [4.69, 9.17) is 56.8 Å². The van der Waals surface area contributed by atoms with Crippen molar-refractivity contribution in [1.29, 1.82) is 0 Å². The fourth-order valence-electron chi connectivity index (χ4n) is 8.13. The van der Waals surface area contributed by atoms with Crippen molar-refractivity contribution in [2.45, 2.75) is 11.2 Å². The summed E-state index contributed by atoms with van der Waals surface area (Å²) in [6.45, 7) is 10.4. The average molecular weight is 987 g/mol. The van der Waals surface area contributed by atoms with E-state index in [1.165, 1.54) is 0 Å². The second kappa shape index (κ2) is 35.1. The van der Waals surface area contributed by atoms with Gasteiger partial charge in [0.2, 0.25) is 0 Å². The predicted octanol–water partition coefficient (Wildman–Crippen LogP) is 9.17. The lowest BCUT2D eigenvalue weighted by atomic mass is 9.80. The fraction of sp³-hybridized carbons (Fsp3) is 0.400. The molecule has 72 heavy (non-hydrogen) atoms. The number of ether oxygens (including phenoxy) is 12. The van der Waals surface area contributed by atoms with Crippen molar-refractivity contribution in [1.82, 2.24) is 0 Å². The Hall–Kier alpha value is -5.16. The highest BCUT2D eigenvalue weighted by atomic mass is 16.6. The fourth-order valence-corrected chi connectivity index (χ4v) is 8.13. The molecule has 0 aromatic heterocycles. The summed E-state index contributed by atoms with van der Waals surface area (Å²) in [6.07, 6.45) is 0. The van der Waals surface area contributed by atoms with Crippen molar-refractivity contribution in [2.24, 2.45) is 0 Å². The van der Waals surface area contributed by atoms with Gasteiger partial charge in [-0.05, 0) is 33.4 Å². The van der Waals surface area contributed by atoms with Gasteiger partial charge in [0, 0.05) is 0 Å². The Labute approximate surface area is 427 Å². The van der Waals surface area contributed by atoms with Crippen LogP contribution in [0.3, 0.4) is 0 Å². The smallest absolute Gasteiger partial charge is 0.143 e. The Bertz CT molecular complexity index is 1840. The number of rotatable bonds is 41. The molecule has 0 aliphatic rings. The molecule has 12 nitrogen and oxygen atoms in total. The van der Waals surface area contributed by atoms with Crippen LogP contribution in [0.5, 0.6) is 0 Å². The summed E-state index contributed by atoms with van der Waals surface area (Å²) >= 11 is 0. The van der Waals surface area contributed by atoms with Gasteiger partial charge in [-0.15, -0.1) is 0 Å². The third-order valence-corrected chi connectivity index (χ3v) is 11.5. The van der Waals surface area contributed by atoms with E-state index in [-0.39, 0.29) is 0 Å². The monoisotopic (exact) mass is 987 g/mol. The van der Waals surface area contributed by atoms with E-state index in [0.717, 1.165) is 33.4 Å². The molecule has 6 aromatic rings. The van der Waals surface area contributed by atoms with Crippen molar-refractivity contribution < 1.29 is 56.8 Å². The van der Waals surface area contributed by atoms with Crippen molar-refractivity contribution >= 4 is 0 Å². The third kappa shape index (κ3) is 19.0. The van der Waals surface area contributed by atoms with Crippen LogP contribution in [0, 0.1) is 0 Å². The summed E-state index contributed by atoms with van der Waals surface area (Å²) < 4.78 is 70.2. The Balaban J connectivity index is 0.664. The van der Waals surface area contributed by atoms with E-state index in [2.05, 4.69) is 72.8 Å². The summed E-state index contributed by atoms with van der Waals surface area (Å²) in [4.78, 5) is 0. The minimum atomic E-state index is -0.759. The van der Waals surface area contributed by atoms with Gasteiger partial charge in [-0.25, -0.2) is 0 Å². The zero-order valence-corrected chi connectivity index (χ0v) is 41.8. The summed E-state index contributed by atoms with van der Waals surface area (Å²) in [7, 11) is 0. The molecule has 0 unspecified atom stereocenters. The van der Waals surface area contributed by atoms with Crippen LogP contribution in [0.4, 0.5) is 0 Å². The first-order valence-electron chi connectivity index (χ1n) is 25.2. The molecule has 0 bridgehead atoms. The molecule has 12 heteroatoms. The molecule has 6 aromatic carbocycles. The van der Waals surface area contributed by atoms with Crippen LogP contribution in [0.2, 0.25) is 0 Å². The zero-order chi connectivity index (χ0) is 49.7. The largest absolute Gasteiger partial charge is 0.377 e. The second-order valence-electron chi connectivity index (χ2n) is 16.4. The second-order valence-corrected chi connectivity index (χ2v) is 16.4. The molecule has 0 N–H and O–H groups in total. The lowest BCUT2D eigenvalue weighted by Gasteiger charge is -2.36. The highest BCUT2D eigenvalue weighted by Crippen LogP contribution is 2.41. The molecule has 6 rings (SSSR count). The SMILES string of the molecule is c1ccc(C(OCCOCCOCCOCCOCCOCCOCCOCCOCCOCCOCCOC(c2ccccc2)(c2ccccc2)c2ccccc2)(c2ccccc2)c2ccccc2)cc1. The number of benzene rings is 6. The Morgan fingerprint density at radius 1 is 0.167 bits per heavy atom. The van der Waals surface area contributed by atoms with Crippen LogP contribution in [0.15, 0.2) is 182 Å². The normalized spacial score (nSPS) is 11.8. The summed E-state index contributed by atoms with van der Waals surface area (Å²) in [5.41, 5.74) is 4.87. The van der Waals surface area contributed by atoms with E-state index >= 15 is 0 Å². The van der Waals surface area contributed by atoms with Gasteiger partial charge < -0.3 is 56.8 Å². The lowest BCUT2D eigenvalue weighted by molar-refractivity contribution is -0.0408. The highest BCUT2D eigenvalue weighted by Gasteiger charge is 2.38.